The third-order valence-electron chi connectivity index (χ3n) is 6.02. The van der Waals surface area contributed by atoms with Gasteiger partial charge in [-0.1, -0.05) is 23.7 Å². The minimum Gasteiger partial charge on any atom is -0.347 e. The van der Waals surface area contributed by atoms with Crippen molar-refractivity contribution in [2.75, 3.05) is 45.2 Å². The highest BCUT2D eigenvalue weighted by atomic mass is 35.5. The van der Waals surface area contributed by atoms with Gasteiger partial charge in [-0.3, -0.25) is 9.59 Å². The van der Waals surface area contributed by atoms with Crippen LogP contribution in [-0.2, 0) is 9.59 Å². The number of rotatable bonds is 5. The lowest BCUT2D eigenvalue weighted by Gasteiger charge is -2.34. The quantitative estimate of drug-likeness (QED) is 0.712. The minimum absolute atomic E-state index is 0.0230. The Morgan fingerprint density at radius 2 is 1.97 bits per heavy atom. The second-order valence-electron chi connectivity index (χ2n) is 8.47. The Kier molecular flexibility index (Phi) is 6.41. The first kappa shape index (κ1) is 21.6. The molecule has 2 amide bonds. The molecule has 1 atom stereocenters. The first-order valence-corrected chi connectivity index (χ1v) is 11.2. The normalized spacial score (nSPS) is 19.1. The van der Waals surface area contributed by atoms with E-state index in [9.17, 15) is 9.59 Å². The molecule has 2 saturated heterocycles. The smallest absolute Gasteiger partial charge is 0.242 e. The summed E-state index contributed by atoms with van der Waals surface area (Å²) in [5, 5.41) is 0.682. The zero-order chi connectivity index (χ0) is 22.0. The predicted molar refractivity (Wildman–Crippen MR) is 121 cm³/mol. The lowest BCUT2D eigenvalue weighted by molar-refractivity contribution is -0.139. The summed E-state index contributed by atoms with van der Waals surface area (Å²) in [6, 6.07) is 7.68. The van der Waals surface area contributed by atoms with Crippen LogP contribution in [-0.4, -0.2) is 71.9 Å². The molecule has 0 spiro atoms. The summed E-state index contributed by atoms with van der Waals surface area (Å²) >= 11 is 6.08. The third-order valence-corrected chi connectivity index (χ3v) is 6.27. The van der Waals surface area contributed by atoms with Gasteiger partial charge in [0.15, 0.2) is 0 Å². The molecule has 2 aliphatic rings. The van der Waals surface area contributed by atoms with Gasteiger partial charge in [0.25, 0.3) is 0 Å². The van der Waals surface area contributed by atoms with E-state index >= 15 is 0 Å². The molecule has 1 aromatic heterocycles. The number of hydrogen-bond acceptors (Lipinski definition) is 5. The monoisotopic (exact) mass is 441 g/mol. The topological polar surface area (TPSA) is 69.6 Å². The largest absolute Gasteiger partial charge is 0.347 e. The molecule has 8 heteroatoms. The van der Waals surface area contributed by atoms with Crippen LogP contribution in [0.5, 0.6) is 0 Å². The molecule has 0 radical (unpaired) electrons. The molecule has 2 aromatic rings. The molecule has 3 heterocycles. The Labute approximate surface area is 188 Å². The van der Waals surface area contributed by atoms with Crippen LogP contribution in [0.15, 0.2) is 30.5 Å². The van der Waals surface area contributed by atoms with E-state index in [1.807, 2.05) is 54.4 Å². The van der Waals surface area contributed by atoms with Crippen LogP contribution in [0.3, 0.4) is 0 Å². The number of hydrogen-bond donors (Lipinski definition) is 0. The van der Waals surface area contributed by atoms with Gasteiger partial charge in [0, 0.05) is 62.9 Å². The number of carbonyl (C=O) groups excluding carboxylic acids is 2. The van der Waals surface area contributed by atoms with Crippen LogP contribution in [0.25, 0.3) is 11.1 Å². The van der Waals surface area contributed by atoms with Crippen molar-refractivity contribution < 1.29 is 9.59 Å². The molecular weight excluding hydrogens is 414 g/mol. The fourth-order valence-electron chi connectivity index (χ4n) is 4.33. The summed E-state index contributed by atoms with van der Waals surface area (Å²) in [6.45, 7) is 2.19. The van der Waals surface area contributed by atoms with Crippen LogP contribution in [0, 0.1) is 0 Å². The van der Waals surface area contributed by atoms with Crippen molar-refractivity contribution >= 4 is 29.4 Å². The Hall–Kier alpha value is -2.67. The number of amides is 2. The number of likely N-dealkylation sites (tertiary alicyclic amines) is 2. The molecule has 0 N–H and O–H groups in total. The van der Waals surface area contributed by atoms with Crippen LogP contribution < -0.4 is 4.90 Å². The van der Waals surface area contributed by atoms with Gasteiger partial charge in [-0.2, -0.15) is 0 Å². The summed E-state index contributed by atoms with van der Waals surface area (Å²) in [4.78, 5) is 39.7. The predicted octanol–water partition coefficient (Wildman–Crippen LogP) is 3.19. The second kappa shape index (κ2) is 9.22. The molecule has 0 saturated carbocycles. The fraction of sp³-hybridized carbons (Fsp3) is 0.478. The van der Waals surface area contributed by atoms with E-state index < -0.39 is 0 Å². The van der Waals surface area contributed by atoms with Crippen molar-refractivity contribution in [2.24, 2.45) is 0 Å². The molecule has 2 fully saturated rings. The molecule has 1 aromatic carbocycles. The average molecular weight is 442 g/mol. The number of anilines is 1. The van der Waals surface area contributed by atoms with Gasteiger partial charge < -0.3 is 14.7 Å². The summed E-state index contributed by atoms with van der Waals surface area (Å²) in [7, 11) is 3.84. The van der Waals surface area contributed by atoms with Crippen molar-refractivity contribution in [1.82, 2.24) is 19.8 Å². The molecule has 0 bridgehead atoms. The first-order valence-electron chi connectivity index (χ1n) is 10.8. The van der Waals surface area contributed by atoms with Gasteiger partial charge in [0.05, 0.1) is 12.2 Å². The number of nitrogens with zero attached hydrogens (tertiary/aromatic N) is 5. The van der Waals surface area contributed by atoms with Gasteiger partial charge in [-0.15, -0.1) is 0 Å². The van der Waals surface area contributed by atoms with Crippen molar-refractivity contribution in [3.63, 3.8) is 0 Å². The number of aromatic nitrogens is 2. The zero-order valence-corrected chi connectivity index (χ0v) is 18.8. The van der Waals surface area contributed by atoms with E-state index in [1.54, 1.807) is 4.90 Å². The molecule has 7 nitrogen and oxygen atoms in total. The maximum Gasteiger partial charge on any atom is 0.242 e. The van der Waals surface area contributed by atoms with Gasteiger partial charge in [-0.05, 0) is 37.0 Å². The summed E-state index contributed by atoms with van der Waals surface area (Å²) in [6.07, 6.45) is 5.12. The van der Waals surface area contributed by atoms with Crippen LogP contribution >= 0.6 is 11.6 Å². The van der Waals surface area contributed by atoms with E-state index in [4.69, 9.17) is 16.6 Å². The lowest BCUT2D eigenvalue weighted by Crippen LogP contribution is -2.45. The molecule has 164 valence electrons. The van der Waals surface area contributed by atoms with Crippen molar-refractivity contribution in [2.45, 2.75) is 31.6 Å². The number of carbonyl (C=O) groups is 2. The Morgan fingerprint density at radius 3 is 2.65 bits per heavy atom. The van der Waals surface area contributed by atoms with Crippen LogP contribution in [0.2, 0.25) is 5.02 Å². The van der Waals surface area contributed by atoms with Crippen LogP contribution in [0.1, 0.15) is 37.3 Å². The third kappa shape index (κ3) is 4.82. The summed E-state index contributed by atoms with van der Waals surface area (Å²) < 4.78 is 0. The van der Waals surface area contributed by atoms with Crippen molar-refractivity contribution in [3.8, 4) is 11.1 Å². The molecule has 0 aliphatic carbocycles. The summed E-state index contributed by atoms with van der Waals surface area (Å²) in [5.74, 6) is 0.867. The molecule has 0 unspecified atom stereocenters. The average Bonchev–Trinajstić information content (AvgIpc) is 3.18. The van der Waals surface area contributed by atoms with Crippen LogP contribution in [0.4, 0.5) is 5.95 Å². The number of halogens is 1. The van der Waals surface area contributed by atoms with E-state index in [-0.39, 0.29) is 24.3 Å². The Balaban J connectivity index is 1.59. The maximum atomic E-state index is 12.9. The summed E-state index contributed by atoms with van der Waals surface area (Å²) in [5.41, 5.74) is 2.93. The second-order valence-corrected chi connectivity index (χ2v) is 8.90. The molecule has 31 heavy (non-hydrogen) atoms. The van der Waals surface area contributed by atoms with Gasteiger partial charge in [-0.25, -0.2) is 9.97 Å². The standard InChI is InChI=1S/C23H28ClN5O2/c1-27(2)23-25-13-19(16-7-9-18(24)10-8-16)22(26-23)17-5-3-11-28(14-17)21(31)15-29-12-4-6-20(29)30/h7-10,13,17H,3-6,11-12,14-15H2,1-2H3/t17-/m0/s1. The first-order chi connectivity index (χ1) is 14.9. The van der Waals surface area contributed by atoms with Gasteiger partial charge in [0.2, 0.25) is 17.8 Å². The van der Waals surface area contributed by atoms with Gasteiger partial charge >= 0.3 is 0 Å². The van der Waals surface area contributed by atoms with Gasteiger partial charge in [0.1, 0.15) is 0 Å². The molecule has 2 aliphatic heterocycles. The highest BCUT2D eigenvalue weighted by Crippen LogP contribution is 2.34. The van der Waals surface area contributed by atoms with E-state index in [1.165, 1.54) is 0 Å². The van der Waals surface area contributed by atoms with Crippen molar-refractivity contribution in [3.05, 3.63) is 41.2 Å². The molecule has 4 rings (SSSR count). The maximum absolute atomic E-state index is 12.9. The molecular formula is C23H28ClN5O2. The highest BCUT2D eigenvalue weighted by Gasteiger charge is 2.30. The SMILES string of the molecule is CN(C)c1ncc(-c2ccc(Cl)cc2)c([C@H]2CCCN(C(=O)CN3CCCC3=O)C2)n1. The van der Waals surface area contributed by atoms with E-state index in [2.05, 4.69) is 4.98 Å². The van der Waals surface area contributed by atoms with E-state index in [0.29, 0.717) is 30.5 Å². The Morgan fingerprint density at radius 1 is 1.19 bits per heavy atom. The van der Waals surface area contributed by atoms with E-state index in [0.717, 1.165) is 42.6 Å². The Bertz CT molecular complexity index is 963. The fourth-order valence-corrected chi connectivity index (χ4v) is 4.45. The number of benzene rings is 1. The zero-order valence-electron chi connectivity index (χ0n) is 18.1. The van der Waals surface area contributed by atoms with Crippen molar-refractivity contribution in [1.29, 1.82) is 0 Å². The highest BCUT2D eigenvalue weighted by molar-refractivity contribution is 6.30. The number of piperidine rings is 1. The lowest BCUT2D eigenvalue weighted by atomic mass is 9.90. The minimum atomic E-state index is 0.0230.